The van der Waals surface area contributed by atoms with E-state index in [1.807, 2.05) is 25.1 Å². The van der Waals surface area contributed by atoms with E-state index in [4.69, 9.17) is 27.9 Å². The number of aryl methyl sites for hydroxylation is 2. The lowest BCUT2D eigenvalue weighted by Crippen LogP contribution is -2.31. The zero-order chi connectivity index (χ0) is 18.8. The normalized spacial score (nSPS) is 13.3. The van der Waals surface area contributed by atoms with E-state index in [0.717, 1.165) is 12.2 Å². The smallest absolute Gasteiger partial charge is 0.299 e. The molecule has 2 aromatic carbocycles. The number of benzene rings is 2. The Morgan fingerprint density at radius 3 is 2.50 bits per heavy atom. The highest BCUT2D eigenvalue weighted by molar-refractivity contribution is 6.54. The van der Waals surface area contributed by atoms with Crippen LogP contribution in [0.4, 0.5) is 5.69 Å². The summed E-state index contributed by atoms with van der Waals surface area (Å²) < 4.78 is 5.75. The zero-order valence-corrected chi connectivity index (χ0v) is 16.2. The van der Waals surface area contributed by atoms with Crippen LogP contribution in [0.2, 0.25) is 10.0 Å². The van der Waals surface area contributed by atoms with Crippen LogP contribution in [-0.2, 0) is 4.79 Å². The van der Waals surface area contributed by atoms with Gasteiger partial charge in [-0.05, 0) is 62.1 Å². The van der Waals surface area contributed by atoms with Crippen molar-refractivity contribution in [1.82, 2.24) is 0 Å². The van der Waals surface area contributed by atoms with Crippen molar-refractivity contribution >= 4 is 40.6 Å². The Bertz CT molecular complexity index is 880. The van der Waals surface area contributed by atoms with Gasteiger partial charge in [0.1, 0.15) is 5.75 Å². The number of ketones is 1. The molecule has 0 saturated heterocycles. The van der Waals surface area contributed by atoms with Crippen LogP contribution in [0.15, 0.2) is 30.3 Å². The molecule has 136 valence electrons. The number of nitrogens with zero attached hydrogens (tertiary/aromatic N) is 1. The molecular formula is C20H19Cl2NO3. The monoisotopic (exact) mass is 391 g/mol. The molecule has 0 spiro atoms. The second kappa shape index (κ2) is 7.68. The third kappa shape index (κ3) is 3.71. The van der Waals surface area contributed by atoms with Crippen molar-refractivity contribution in [2.24, 2.45) is 0 Å². The van der Waals surface area contributed by atoms with E-state index >= 15 is 0 Å². The van der Waals surface area contributed by atoms with Gasteiger partial charge in [0.15, 0.2) is 0 Å². The molecule has 26 heavy (non-hydrogen) atoms. The molecule has 1 aliphatic rings. The van der Waals surface area contributed by atoms with Crippen LogP contribution in [0, 0.1) is 13.8 Å². The maximum atomic E-state index is 12.2. The average molecular weight is 392 g/mol. The maximum Gasteiger partial charge on any atom is 0.299 e. The molecule has 0 bridgehead atoms. The molecule has 1 aliphatic heterocycles. The van der Waals surface area contributed by atoms with Gasteiger partial charge in [0.25, 0.3) is 11.7 Å². The number of rotatable bonds is 6. The fourth-order valence-electron chi connectivity index (χ4n) is 2.93. The molecule has 1 amide bonds. The number of amides is 1. The molecule has 0 unspecified atom stereocenters. The molecule has 3 rings (SSSR count). The largest absolute Gasteiger partial charge is 0.494 e. The molecule has 0 saturated carbocycles. The van der Waals surface area contributed by atoms with Gasteiger partial charge in [-0.15, -0.1) is 0 Å². The second-order valence-electron chi connectivity index (χ2n) is 6.37. The minimum atomic E-state index is -0.559. The van der Waals surface area contributed by atoms with E-state index in [2.05, 4.69) is 6.92 Å². The van der Waals surface area contributed by atoms with Crippen LogP contribution in [0.1, 0.15) is 34.3 Å². The van der Waals surface area contributed by atoms with Crippen molar-refractivity contribution < 1.29 is 14.3 Å². The fourth-order valence-corrected chi connectivity index (χ4v) is 3.53. The summed E-state index contributed by atoms with van der Waals surface area (Å²) in [6.07, 6.45) is 1.45. The van der Waals surface area contributed by atoms with Gasteiger partial charge in [-0.25, -0.2) is 0 Å². The molecule has 0 aromatic heterocycles. The van der Waals surface area contributed by atoms with Gasteiger partial charge >= 0.3 is 0 Å². The summed E-state index contributed by atoms with van der Waals surface area (Å²) >= 11 is 12.1. The number of anilines is 1. The summed E-state index contributed by atoms with van der Waals surface area (Å²) in [4.78, 5) is 25.8. The quantitative estimate of drug-likeness (QED) is 0.514. The van der Waals surface area contributed by atoms with E-state index in [0.29, 0.717) is 35.3 Å². The van der Waals surface area contributed by atoms with Crippen molar-refractivity contribution in [2.75, 3.05) is 18.1 Å². The van der Waals surface area contributed by atoms with Gasteiger partial charge in [0.2, 0.25) is 0 Å². The van der Waals surface area contributed by atoms with Crippen molar-refractivity contribution in [1.29, 1.82) is 0 Å². The highest BCUT2D eigenvalue weighted by Gasteiger charge is 2.37. The van der Waals surface area contributed by atoms with Crippen LogP contribution >= 0.6 is 23.2 Å². The van der Waals surface area contributed by atoms with Crippen LogP contribution in [-0.4, -0.2) is 24.8 Å². The first kappa shape index (κ1) is 18.7. The number of carbonyl (C=O) groups excluding carboxylic acids is 2. The minimum absolute atomic E-state index is 0.277. The lowest BCUT2D eigenvalue weighted by atomic mass is 10.1. The van der Waals surface area contributed by atoms with Crippen LogP contribution < -0.4 is 9.64 Å². The molecule has 0 fully saturated rings. The molecule has 0 atom stereocenters. The number of Topliss-reactive ketones (excluding diaryl/α,β-unsaturated/α-hetero) is 1. The first-order chi connectivity index (χ1) is 12.4. The van der Waals surface area contributed by atoms with Gasteiger partial charge in [-0.3, -0.25) is 9.59 Å². The Balaban J connectivity index is 1.56. The Labute approximate surface area is 162 Å². The molecule has 0 aliphatic carbocycles. The Morgan fingerprint density at radius 1 is 1.00 bits per heavy atom. The third-order valence-electron chi connectivity index (χ3n) is 4.51. The molecule has 0 radical (unpaired) electrons. The number of hydrogen-bond acceptors (Lipinski definition) is 3. The summed E-state index contributed by atoms with van der Waals surface area (Å²) in [7, 11) is 0. The molecular weight excluding hydrogens is 373 g/mol. The number of carbonyl (C=O) groups is 2. The average Bonchev–Trinajstić information content (AvgIpc) is 2.83. The van der Waals surface area contributed by atoms with E-state index in [-0.39, 0.29) is 5.56 Å². The summed E-state index contributed by atoms with van der Waals surface area (Å²) in [6, 6.07) is 9.03. The zero-order valence-electron chi connectivity index (χ0n) is 14.6. The highest BCUT2D eigenvalue weighted by atomic mass is 35.5. The molecule has 2 aromatic rings. The van der Waals surface area contributed by atoms with Crippen LogP contribution in [0.3, 0.4) is 0 Å². The number of ether oxygens (including phenoxy) is 1. The van der Waals surface area contributed by atoms with Gasteiger partial charge in [0.05, 0.1) is 22.9 Å². The summed E-state index contributed by atoms with van der Waals surface area (Å²) in [5.41, 5.74) is 3.15. The Kier molecular flexibility index (Phi) is 5.54. The van der Waals surface area contributed by atoms with E-state index in [9.17, 15) is 9.59 Å². The summed E-state index contributed by atoms with van der Waals surface area (Å²) in [6.45, 7) is 5.06. The molecule has 1 heterocycles. The number of hydrogen-bond donors (Lipinski definition) is 0. The SMILES string of the molecule is Cc1ccc(OCCCCN2C(=O)C(=O)c3cc(Cl)cc(Cl)c32)cc1C. The Morgan fingerprint density at radius 2 is 1.77 bits per heavy atom. The van der Waals surface area contributed by atoms with E-state index in [1.165, 1.54) is 22.1 Å². The van der Waals surface area contributed by atoms with E-state index in [1.54, 1.807) is 6.07 Å². The maximum absolute atomic E-state index is 12.2. The van der Waals surface area contributed by atoms with Crippen molar-refractivity contribution in [3.63, 3.8) is 0 Å². The predicted octanol–water partition coefficient (Wildman–Crippen LogP) is 5.00. The number of unbranched alkanes of at least 4 members (excludes halogenated alkanes) is 1. The number of halogens is 2. The van der Waals surface area contributed by atoms with Crippen molar-refractivity contribution in [3.8, 4) is 5.75 Å². The van der Waals surface area contributed by atoms with E-state index < -0.39 is 11.7 Å². The molecule has 4 nitrogen and oxygen atoms in total. The predicted molar refractivity (Wildman–Crippen MR) is 104 cm³/mol. The number of fused-ring (bicyclic) bond motifs is 1. The highest BCUT2D eigenvalue weighted by Crippen LogP contribution is 2.38. The van der Waals surface area contributed by atoms with Gasteiger partial charge in [0, 0.05) is 11.6 Å². The molecule has 6 heteroatoms. The minimum Gasteiger partial charge on any atom is -0.494 e. The standard InChI is InChI=1S/C20H19Cl2NO3/c1-12-5-6-15(9-13(12)2)26-8-4-3-7-23-18-16(19(24)20(23)25)10-14(21)11-17(18)22/h5-6,9-11H,3-4,7-8H2,1-2H3. The van der Waals surface area contributed by atoms with Crippen molar-refractivity contribution in [2.45, 2.75) is 26.7 Å². The van der Waals surface area contributed by atoms with Gasteiger partial charge in [-0.1, -0.05) is 29.3 Å². The van der Waals surface area contributed by atoms with Gasteiger partial charge in [-0.2, -0.15) is 0 Å². The topological polar surface area (TPSA) is 46.6 Å². The van der Waals surface area contributed by atoms with Gasteiger partial charge < -0.3 is 9.64 Å². The van der Waals surface area contributed by atoms with Crippen molar-refractivity contribution in [3.05, 3.63) is 57.1 Å². The summed E-state index contributed by atoms with van der Waals surface area (Å²) in [5.74, 6) is -0.279. The molecule has 0 N–H and O–H groups in total. The summed E-state index contributed by atoms with van der Waals surface area (Å²) in [5, 5.41) is 0.664. The fraction of sp³-hybridized carbons (Fsp3) is 0.300. The lowest BCUT2D eigenvalue weighted by molar-refractivity contribution is -0.114. The second-order valence-corrected chi connectivity index (χ2v) is 7.21. The first-order valence-corrected chi connectivity index (χ1v) is 9.19. The first-order valence-electron chi connectivity index (χ1n) is 8.44. The lowest BCUT2D eigenvalue weighted by Gasteiger charge is -2.17. The van der Waals surface area contributed by atoms with Crippen LogP contribution in [0.25, 0.3) is 0 Å². The Hall–Kier alpha value is -2.04. The van der Waals surface area contributed by atoms with Crippen LogP contribution in [0.5, 0.6) is 5.75 Å². The third-order valence-corrected chi connectivity index (χ3v) is 5.01.